The fourth-order valence-corrected chi connectivity index (χ4v) is 3.76. The molecule has 4 heteroatoms. The normalized spacial score (nSPS) is 30.4. The molecule has 1 aliphatic heterocycles. The summed E-state index contributed by atoms with van der Waals surface area (Å²) in [6.45, 7) is 8.34. The van der Waals surface area contributed by atoms with E-state index in [1.54, 1.807) is 0 Å². The van der Waals surface area contributed by atoms with Crippen LogP contribution in [0.5, 0.6) is 0 Å². The fourth-order valence-electron chi connectivity index (χ4n) is 3.76. The smallest absolute Gasteiger partial charge is 0.239 e. The molecule has 116 valence electrons. The van der Waals surface area contributed by atoms with Crippen LogP contribution in [-0.4, -0.2) is 41.5 Å². The molecule has 1 saturated carbocycles. The molecule has 3 atom stereocenters. The van der Waals surface area contributed by atoms with Gasteiger partial charge >= 0.3 is 0 Å². The van der Waals surface area contributed by atoms with Crippen LogP contribution in [0.4, 0.5) is 0 Å². The molecule has 2 aliphatic rings. The highest BCUT2D eigenvalue weighted by molar-refractivity contribution is 5.86. The zero-order chi connectivity index (χ0) is 14.8. The van der Waals surface area contributed by atoms with E-state index in [2.05, 4.69) is 31.0 Å². The number of rotatable bonds is 8. The van der Waals surface area contributed by atoms with E-state index < -0.39 is 5.54 Å². The first kappa shape index (κ1) is 15.8. The van der Waals surface area contributed by atoms with Crippen LogP contribution in [0.1, 0.15) is 59.3 Å². The monoisotopic (exact) mass is 281 g/mol. The maximum Gasteiger partial charge on any atom is 0.239 e. The highest BCUT2D eigenvalue weighted by Crippen LogP contribution is 2.42. The predicted octanol–water partition coefficient (Wildman–Crippen LogP) is 1.88. The van der Waals surface area contributed by atoms with E-state index in [9.17, 15) is 4.79 Å². The van der Waals surface area contributed by atoms with Crippen LogP contribution in [0.25, 0.3) is 0 Å². The van der Waals surface area contributed by atoms with Crippen molar-refractivity contribution in [1.29, 1.82) is 0 Å². The first-order chi connectivity index (χ1) is 9.55. The second-order valence-electron chi connectivity index (χ2n) is 6.70. The number of nitrogens with zero attached hydrogens (tertiary/aromatic N) is 1. The van der Waals surface area contributed by atoms with Crippen molar-refractivity contribution in [3.8, 4) is 0 Å². The van der Waals surface area contributed by atoms with Crippen LogP contribution in [0, 0.1) is 5.92 Å². The average Bonchev–Trinajstić information content (AvgIpc) is 3.21. The van der Waals surface area contributed by atoms with Gasteiger partial charge in [-0.05, 0) is 57.9 Å². The van der Waals surface area contributed by atoms with Crippen molar-refractivity contribution in [3.63, 3.8) is 0 Å². The Hall–Kier alpha value is -0.610. The molecule has 1 aliphatic carbocycles. The molecule has 2 fully saturated rings. The van der Waals surface area contributed by atoms with Gasteiger partial charge < -0.3 is 11.1 Å². The number of hydrogen-bond acceptors (Lipinski definition) is 3. The number of amides is 1. The third-order valence-electron chi connectivity index (χ3n) is 5.26. The SMILES string of the molecule is CCCNC(CN1C(C)CCC1CC)(C(N)=O)C1CC1. The number of nitrogens with two attached hydrogens (primary N) is 1. The molecule has 0 aromatic rings. The van der Waals surface area contributed by atoms with E-state index >= 15 is 0 Å². The van der Waals surface area contributed by atoms with E-state index in [-0.39, 0.29) is 5.91 Å². The number of carbonyl (C=O) groups excluding carboxylic acids is 1. The molecule has 0 radical (unpaired) electrons. The van der Waals surface area contributed by atoms with Crippen molar-refractivity contribution in [1.82, 2.24) is 10.2 Å². The van der Waals surface area contributed by atoms with Crippen molar-refractivity contribution < 1.29 is 4.79 Å². The van der Waals surface area contributed by atoms with E-state index in [1.165, 1.54) is 12.8 Å². The van der Waals surface area contributed by atoms with Crippen LogP contribution in [-0.2, 0) is 4.79 Å². The van der Waals surface area contributed by atoms with E-state index in [0.29, 0.717) is 18.0 Å². The van der Waals surface area contributed by atoms with Gasteiger partial charge in [-0.15, -0.1) is 0 Å². The lowest BCUT2D eigenvalue weighted by Crippen LogP contribution is -2.64. The maximum absolute atomic E-state index is 12.2. The molecule has 0 spiro atoms. The van der Waals surface area contributed by atoms with E-state index in [1.807, 2.05) is 0 Å². The number of carbonyl (C=O) groups is 1. The summed E-state index contributed by atoms with van der Waals surface area (Å²) in [7, 11) is 0. The van der Waals surface area contributed by atoms with Gasteiger partial charge in [-0.2, -0.15) is 0 Å². The Morgan fingerprint density at radius 3 is 2.50 bits per heavy atom. The second kappa shape index (κ2) is 6.44. The topological polar surface area (TPSA) is 58.4 Å². The summed E-state index contributed by atoms with van der Waals surface area (Å²) in [6.07, 6.45) is 6.97. The van der Waals surface area contributed by atoms with Gasteiger partial charge in [0, 0.05) is 18.6 Å². The molecule has 0 aromatic heterocycles. The van der Waals surface area contributed by atoms with Gasteiger partial charge in [0.1, 0.15) is 5.54 Å². The van der Waals surface area contributed by atoms with Crippen molar-refractivity contribution in [2.75, 3.05) is 13.1 Å². The summed E-state index contributed by atoms with van der Waals surface area (Å²) < 4.78 is 0. The highest BCUT2D eigenvalue weighted by Gasteiger charge is 2.51. The minimum absolute atomic E-state index is 0.151. The van der Waals surface area contributed by atoms with Gasteiger partial charge in [0.25, 0.3) is 0 Å². The average molecular weight is 281 g/mol. The Bertz CT molecular complexity index is 343. The van der Waals surface area contributed by atoms with Crippen LogP contribution in [0.3, 0.4) is 0 Å². The van der Waals surface area contributed by atoms with Crippen molar-refractivity contribution >= 4 is 5.91 Å². The van der Waals surface area contributed by atoms with Crippen LogP contribution in [0.2, 0.25) is 0 Å². The molecule has 1 saturated heterocycles. The van der Waals surface area contributed by atoms with Gasteiger partial charge in [0.15, 0.2) is 0 Å². The van der Waals surface area contributed by atoms with Gasteiger partial charge in [-0.3, -0.25) is 9.69 Å². The second-order valence-corrected chi connectivity index (χ2v) is 6.70. The Morgan fingerprint density at radius 2 is 2.00 bits per heavy atom. The van der Waals surface area contributed by atoms with Gasteiger partial charge in [0.2, 0.25) is 5.91 Å². The maximum atomic E-state index is 12.2. The standard InChI is InChI=1S/C16H31N3O/c1-4-10-18-16(15(17)20,13-7-8-13)11-19-12(3)6-9-14(19)5-2/h12-14,18H,4-11H2,1-3H3,(H2,17,20). The van der Waals surface area contributed by atoms with E-state index in [0.717, 1.165) is 38.8 Å². The summed E-state index contributed by atoms with van der Waals surface area (Å²) in [5.41, 5.74) is 5.34. The number of likely N-dealkylation sites (tertiary alicyclic amines) is 1. The first-order valence-electron chi connectivity index (χ1n) is 8.35. The lowest BCUT2D eigenvalue weighted by atomic mass is 9.90. The molecular weight excluding hydrogens is 250 g/mol. The Morgan fingerprint density at radius 1 is 1.30 bits per heavy atom. The summed E-state index contributed by atoms with van der Waals surface area (Å²) in [5, 5.41) is 3.52. The summed E-state index contributed by atoms with van der Waals surface area (Å²) in [6, 6.07) is 1.19. The molecule has 0 bridgehead atoms. The Kier molecular flexibility index (Phi) is 5.08. The molecule has 3 unspecified atom stereocenters. The molecule has 0 aromatic carbocycles. The Labute approximate surface area is 123 Å². The highest BCUT2D eigenvalue weighted by atomic mass is 16.1. The van der Waals surface area contributed by atoms with Crippen LogP contribution >= 0.6 is 0 Å². The molecule has 20 heavy (non-hydrogen) atoms. The van der Waals surface area contributed by atoms with Gasteiger partial charge in [-0.1, -0.05) is 13.8 Å². The molecule has 1 amide bonds. The lowest BCUT2D eigenvalue weighted by molar-refractivity contribution is -0.126. The van der Waals surface area contributed by atoms with Crippen molar-refractivity contribution in [3.05, 3.63) is 0 Å². The van der Waals surface area contributed by atoms with Gasteiger partial charge in [-0.25, -0.2) is 0 Å². The van der Waals surface area contributed by atoms with E-state index in [4.69, 9.17) is 5.73 Å². The summed E-state index contributed by atoms with van der Waals surface area (Å²) in [4.78, 5) is 14.8. The predicted molar refractivity (Wildman–Crippen MR) is 82.4 cm³/mol. The minimum atomic E-state index is -0.498. The Balaban J connectivity index is 2.15. The van der Waals surface area contributed by atoms with Crippen LogP contribution in [0.15, 0.2) is 0 Å². The minimum Gasteiger partial charge on any atom is -0.368 e. The molecule has 2 rings (SSSR count). The number of primary amides is 1. The number of nitrogens with one attached hydrogen (secondary N) is 1. The number of hydrogen-bond donors (Lipinski definition) is 2. The zero-order valence-corrected chi connectivity index (χ0v) is 13.3. The molecule has 3 N–H and O–H groups in total. The molecule has 4 nitrogen and oxygen atoms in total. The van der Waals surface area contributed by atoms with Crippen molar-refractivity contribution in [2.24, 2.45) is 11.7 Å². The summed E-state index contributed by atoms with van der Waals surface area (Å²) in [5.74, 6) is 0.291. The summed E-state index contributed by atoms with van der Waals surface area (Å²) >= 11 is 0. The third-order valence-corrected chi connectivity index (χ3v) is 5.26. The lowest BCUT2D eigenvalue weighted by Gasteiger charge is -2.39. The van der Waals surface area contributed by atoms with Gasteiger partial charge in [0.05, 0.1) is 0 Å². The molecular formula is C16H31N3O. The fraction of sp³-hybridized carbons (Fsp3) is 0.938. The largest absolute Gasteiger partial charge is 0.368 e. The van der Waals surface area contributed by atoms with Crippen molar-refractivity contribution in [2.45, 2.75) is 76.9 Å². The molecule has 1 heterocycles. The zero-order valence-electron chi connectivity index (χ0n) is 13.3. The first-order valence-corrected chi connectivity index (χ1v) is 8.35. The third kappa shape index (κ3) is 3.01. The van der Waals surface area contributed by atoms with Crippen LogP contribution < -0.4 is 11.1 Å². The quantitative estimate of drug-likeness (QED) is 0.714.